The van der Waals surface area contributed by atoms with Gasteiger partial charge >= 0.3 is 5.97 Å². The predicted molar refractivity (Wildman–Crippen MR) is 46.6 cm³/mol. The minimum Gasteiger partial charge on any atom is -0.480 e. The van der Waals surface area contributed by atoms with E-state index >= 15 is 0 Å². The van der Waals surface area contributed by atoms with Gasteiger partial charge in [-0.25, -0.2) is 5.43 Å². The van der Waals surface area contributed by atoms with E-state index < -0.39 is 24.0 Å². The van der Waals surface area contributed by atoms with E-state index in [0.717, 1.165) is 0 Å². The molecule has 6 heteroatoms. The van der Waals surface area contributed by atoms with Crippen molar-refractivity contribution in [2.45, 2.75) is 32.4 Å². The second kappa shape index (κ2) is 5.50. The largest absolute Gasteiger partial charge is 0.480 e. The minimum absolute atomic E-state index is 0.383. The number of nitrogens with two attached hydrogens (primary N) is 1. The van der Waals surface area contributed by atoms with Gasteiger partial charge in [0.05, 0.1) is 6.04 Å². The second-order valence-electron chi connectivity index (χ2n) is 2.72. The molecular formula is C7H15N3O3. The second-order valence-corrected chi connectivity index (χ2v) is 2.72. The van der Waals surface area contributed by atoms with Gasteiger partial charge in [0.1, 0.15) is 6.04 Å². The molecule has 2 unspecified atom stereocenters. The molecule has 0 spiro atoms. The summed E-state index contributed by atoms with van der Waals surface area (Å²) in [4.78, 5) is 21.4. The third-order valence-electron chi connectivity index (χ3n) is 1.49. The molecule has 5 N–H and O–H groups in total. The fourth-order valence-corrected chi connectivity index (χ4v) is 0.611. The summed E-state index contributed by atoms with van der Waals surface area (Å²) in [5.41, 5.74) is 9.83. The molecule has 0 saturated heterocycles. The Morgan fingerprint density at radius 1 is 1.54 bits per heavy atom. The summed E-state index contributed by atoms with van der Waals surface area (Å²) in [5, 5.41) is 8.58. The first-order chi connectivity index (χ1) is 5.99. The fraction of sp³-hybridized carbons (Fsp3) is 0.714. The number of nitrogens with one attached hydrogen (secondary N) is 2. The highest BCUT2D eigenvalue weighted by Gasteiger charge is 2.15. The van der Waals surface area contributed by atoms with Gasteiger partial charge in [0.2, 0.25) is 0 Å². The van der Waals surface area contributed by atoms with Gasteiger partial charge in [-0.3, -0.25) is 15.0 Å². The van der Waals surface area contributed by atoms with Gasteiger partial charge in [0.15, 0.2) is 0 Å². The topological polar surface area (TPSA) is 104 Å². The molecule has 0 aromatic carbocycles. The van der Waals surface area contributed by atoms with Crippen molar-refractivity contribution in [2.24, 2.45) is 5.73 Å². The number of carboxylic acids is 1. The Morgan fingerprint density at radius 2 is 2.08 bits per heavy atom. The van der Waals surface area contributed by atoms with Gasteiger partial charge in [0, 0.05) is 0 Å². The van der Waals surface area contributed by atoms with Gasteiger partial charge in [0.25, 0.3) is 5.91 Å². The summed E-state index contributed by atoms with van der Waals surface area (Å²) >= 11 is 0. The van der Waals surface area contributed by atoms with E-state index in [1.807, 2.05) is 0 Å². The van der Waals surface area contributed by atoms with E-state index in [4.69, 9.17) is 10.8 Å². The Kier molecular flexibility index (Phi) is 5.01. The molecule has 2 atom stereocenters. The van der Waals surface area contributed by atoms with Crippen LogP contribution in [0.5, 0.6) is 0 Å². The number of rotatable bonds is 5. The van der Waals surface area contributed by atoms with E-state index in [-0.39, 0.29) is 0 Å². The summed E-state index contributed by atoms with van der Waals surface area (Å²) in [6.45, 7) is 3.21. The van der Waals surface area contributed by atoms with Crippen LogP contribution in [0.3, 0.4) is 0 Å². The summed E-state index contributed by atoms with van der Waals surface area (Å²) in [6.07, 6.45) is 0.383. The standard InChI is InChI=1S/C7H15N3O3/c1-3-5(7(12)13)9-10-6(11)4(2)8/h4-5,9H,3,8H2,1-2H3,(H,10,11)(H,12,13). The zero-order valence-electron chi connectivity index (χ0n) is 7.70. The van der Waals surface area contributed by atoms with Crippen LogP contribution in [0.15, 0.2) is 0 Å². The van der Waals surface area contributed by atoms with Crippen LogP contribution in [-0.4, -0.2) is 29.1 Å². The number of amides is 1. The highest BCUT2D eigenvalue weighted by atomic mass is 16.4. The van der Waals surface area contributed by atoms with Crippen molar-refractivity contribution in [3.63, 3.8) is 0 Å². The van der Waals surface area contributed by atoms with Crippen molar-refractivity contribution in [2.75, 3.05) is 0 Å². The van der Waals surface area contributed by atoms with Gasteiger partial charge in [-0.1, -0.05) is 6.92 Å². The molecule has 1 amide bonds. The van der Waals surface area contributed by atoms with Crippen LogP contribution >= 0.6 is 0 Å². The molecule has 0 rings (SSSR count). The van der Waals surface area contributed by atoms with Crippen LogP contribution in [0, 0.1) is 0 Å². The van der Waals surface area contributed by atoms with Gasteiger partial charge < -0.3 is 10.8 Å². The molecule has 0 aliphatic carbocycles. The molecule has 76 valence electrons. The monoisotopic (exact) mass is 189 g/mol. The molecule has 0 aromatic rings. The number of carboxylic acid groups (broad SMARTS) is 1. The first kappa shape index (κ1) is 11.9. The van der Waals surface area contributed by atoms with Crippen LogP contribution < -0.4 is 16.6 Å². The SMILES string of the molecule is CCC(NNC(=O)C(C)N)C(=O)O. The van der Waals surface area contributed by atoms with Crippen molar-refractivity contribution >= 4 is 11.9 Å². The van der Waals surface area contributed by atoms with Gasteiger partial charge in [-0.15, -0.1) is 0 Å². The molecule has 13 heavy (non-hydrogen) atoms. The van der Waals surface area contributed by atoms with E-state index in [2.05, 4.69) is 10.9 Å². The van der Waals surface area contributed by atoms with E-state index in [1.165, 1.54) is 6.92 Å². The van der Waals surface area contributed by atoms with Crippen LogP contribution in [-0.2, 0) is 9.59 Å². The highest BCUT2D eigenvalue weighted by Crippen LogP contribution is 1.88. The van der Waals surface area contributed by atoms with Gasteiger partial charge in [-0.05, 0) is 13.3 Å². The maximum Gasteiger partial charge on any atom is 0.322 e. The lowest BCUT2D eigenvalue weighted by molar-refractivity contribution is -0.140. The van der Waals surface area contributed by atoms with Crippen LogP contribution in [0.25, 0.3) is 0 Å². The molecule has 0 fully saturated rings. The molecule has 0 bridgehead atoms. The average Bonchev–Trinajstić information content (AvgIpc) is 2.04. The smallest absolute Gasteiger partial charge is 0.322 e. The third-order valence-corrected chi connectivity index (χ3v) is 1.49. The van der Waals surface area contributed by atoms with Crippen LogP contribution in [0.4, 0.5) is 0 Å². The zero-order valence-corrected chi connectivity index (χ0v) is 7.70. The molecule has 6 nitrogen and oxygen atoms in total. The number of hydrogen-bond acceptors (Lipinski definition) is 4. The van der Waals surface area contributed by atoms with Crippen molar-refractivity contribution < 1.29 is 14.7 Å². The lowest BCUT2D eigenvalue weighted by Gasteiger charge is -2.14. The Hall–Kier alpha value is -1.14. The Balaban J connectivity index is 3.85. The minimum atomic E-state index is -1.01. The molecular weight excluding hydrogens is 174 g/mol. The number of carbonyl (C=O) groups is 2. The Bertz CT molecular complexity index is 193. The highest BCUT2D eigenvalue weighted by molar-refractivity contribution is 5.81. The Labute approximate surface area is 76.5 Å². The van der Waals surface area contributed by atoms with Crippen molar-refractivity contribution in [1.82, 2.24) is 10.9 Å². The number of hydrazine groups is 1. The summed E-state index contributed by atoms with van der Waals surface area (Å²) in [7, 11) is 0. The Morgan fingerprint density at radius 3 is 2.38 bits per heavy atom. The third kappa shape index (κ3) is 4.44. The first-order valence-corrected chi connectivity index (χ1v) is 4.02. The maximum absolute atomic E-state index is 10.9. The fourth-order valence-electron chi connectivity index (χ4n) is 0.611. The molecule has 0 radical (unpaired) electrons. The van der Waals surface area contributed by atoms with Crippen molar-refractivity contribution in [3.8, 4) is 0 Å². The average molecular weight is 189 g/mol. The number of carbonyl (C=O) groups excluding carboxylic acids is 1. The van der Waals surface area contributed by atoms with Gasteiger partial charge in [-0.2, -0.15) is 0 Å². The molecule has 0 saturated carbocycles. The molecule has 0 aromatic heterocycles. The van der Waals surface area contributed by atoms with E-state index in [1.54, 1.807) is 6.92 Å². The molecule has 0 heterocycles. The quantitative estimate of drug-likeness (QED) is 0.407. The zero-order chi connectivity index (χ0) is 10.4. The van der Waals surface area contributed by atoms with Crippen LogP contribution in [0.1, 0.15) is 20.3 Å². The number of hydrogen-bond donors (Lipinski definition) is 4. The lowest BCUT2D eigenvalue weighted by atomic mass is 10.2. The predicted octanol–water partition coefficient (Wildman–Crippen LogP) is -1.18. The summed E-state index contributed by atoms with van der Waals surface area (Å²) < 4.78 is 0. The van der Waals surface area contributed by atoms with Crippen molar-refractivity contribution in [3.05, 3.63) is 0 Å². The molecule has 0 aliphatic heterocycles. The van der Waals surface area contributed by atoms with E-state index in [0.29, 0.717) is 6.42 Å². The molecule has 0 aliphatic rings. The summed E-state index contributed by atoms with van der Waals surface area (Å²) in [6, 6.07) is -1.43. The maximum atomic E-state index is 10.9. The lowest BCUT2D eigenvalue weighted by Crippen LogP contribution is -2.52. The van der Waals surface area contributed by atoms with Crippen LogP contribution in [0.2, 0.25) is 0 Å². The van der Waals surface area contributed by atoms with Crippen molar-refractivity contribution in [1.29, 1.82) is 0 Å². The summed E-state index contributed by atoms with van der Waals surface area (Å²) in [5.74, 6) is -1.44. The number of aliphatic carboxylic acids is 1. The normalized spacial score (nSPS) is 14.7. The van der Waals surface area contributed by atoms with E-state index in [9.17, 15) is 9.59 Å². The first-order valence-electron chi connectivity index (χ1n) is 4.02.